The van der Waals surface area contributed by atoms with Crippen LogP contribution in [0, 0.1) is 0 Å². The van der Waals surface area contributed by atoms with Crippen LogP contribution >= 0.6 is 35.0 Å². The maximum Gasteiger partial charge on any atom is 0.242 e. The second-order valence-electron chi connectivity index (χ2n) is 6.06. The number of carbonyl (C=O) groups is 2. The molecule has 0 radical (unpaired) electrons. The quantitative estimate of drug-likeness (QED) is 0.683. The molecule has 0 bridgehead atoms. The summed E-state index contributed by atoms with van der Waals surface area (Å²) in [6.07, 6.45) is 0. The molecule has 0 spiro atoms. The fourth-order valence-electron chi connectivity index (χ4n) is 2.54. The summed E-state index contributed by atoms with van der Waals surface area (Å²) >= 11 is 13.4. The molecule has 4 nitrogen and oxygen atoms in total. The van der Waals surface area contributed by atoms with Gasteiger partial charge in [0.1, 0.15) is 6.04 Å². The standard InChI is InChI=1S/C20H22Cl2N2O2S/c1-14(20(26)23-2)24(11-16-4-3-5-18(22)10-16)19(25)13-27-12-15-6-8-17(21)9-7-15/h3-10,14H,11-13H2,1-2H3,(H,23,26). The first-order valence-corrected chi connectivity index (χ1v) is 10.4. The molecule has 7 heteroatoms. The molecular formula is C20H22Cl2N2O2S. The van der Waals surface area contributed by atoms with Crippen LogP contribution in [-0.2, 0) is 21.9 Å². The van der Waals surface area contributed by atoms with E-state index < -0.39 is 6.04 Å². The van der Waals surface area contributed by atoms with E-state index in [1.165, 1.54) is 11.8 Å². The fraction of sp³-hybridized carbons (Fsp3) is 0.300. The third-order valence-electron chi connectivity index (χ3n) is 4.06. The van der Waals surface area contributed by atoms with Gasteiger partial charge in [-0.1, -0.05) is 47.5 Å². The number of hydrogen-bond donors (Lipinski definition) is 1. The van der Waals surface area contributed by atoms with E-state index in [4.69, 9.17) is 23.2 Å². The van der Waals surface area contributed by atoms with Gasteiger partial charge in [-0.25, -0.2) is 0 Å². The average molecular weight is 425 g/mol. The van der Waals surface area contributed by atoms with E-state index in [1.807, 2.05) is 36.4 Å². The number of amides is 2. The van der Waals surface area contributed by atoms with Crippen molar-refractivity contribution in [2.75, 3.05) is 12.8 Å². The van der Waals surface area contributed by atoms with Crippen LogP contribution in [0.15, 0.2) is 48.5 Å². The van der Waals surface area contributed by atoms with Crippen LogP contribution in [0.5, 0.6) is 0 Å². The van der Waals surface area contributed by atoms with Gasteiger partial charge in [0.05, 0.1) is 5.75 Å². The monoisotopic (exact) mass is 424 g/mol. The maximum atomic E-state index is 12.8. The van der Waals surface area contributed by atoms with Crippen molar-refractivity contribution in [1.82, 2.24) is 10.2 Å². The van der Waals surface area contributed by atoms with Crippen molar-refractivity contribution in [2.45, 2.75) is 25.3 Å². The predicted octanol–water partition coefficient (Wildman–Crippen LogP) is 4.39. The van der Waals surface area contributed by atoms with Gasteiger partial charge in [0.25, 0.3) is 0 Å². The molecule has 2 rings (SSSR count). The lowest BCUT2D eigenvalue weighted by Crippen LogP contribution is -2.47. The van der Waals surface area contributed by atoms with Crippen molar-refractivity contribution in [3.8, 4) is 0 Å². The predicted molar refractivity (Wildman–Crippen MR) is 113 cm³/mol. The number of nitrogens with zero attached hydrogens (tertiary/aromatic N) is 1. The number of rotatable bonds is 8. The molecular weight excluding hydrogens is 403 g/mol. The summed E-state index contributed by atoms with van der Waals surface area (Å²) in [5.74, 6) is 0.686. The van der Waals surface area contributed by atoms with Crippen LogP contribution in [0.4, 0.5) is 0 Å². The Morgan fingerprint density at radius 1 is 1.07 bits per heavy atom. The molecule has 0 saturated carbocycles. The maximum absolute atomic E-state index is 12.8. The van der Waals surface area contributed by atoms with Gasteiger partial charge in [-0.05, 0) is 42.3 Å². The summed E-state index contributed by atoms with van der Waals surface area (Å²) in [6, 6.07) is 14.3. The zero-order valence-corrected chi connectivity index (χ0v) is 17.6. The Labute approximate surface area is 174 Å². The summed E-state index contributed by atoms with van der Waals surface area (Å²) in [7, 11) is 1.57. The minimum Gasteiger partial charge on any atom is -0.357 e. The zero-order chi connectivity index (χ0) is 19.8. The molecule has 27 heavy (non-hydrogen) atoms. The van der Waals surface area contributed by atoms with Gasteiger partial charge in [0.15, 0.2) is 0 Å². The van der Waals surface area contributed by atoms with Crippen LogP contribution in [-0.4, -0.2) is 35.6 Å². The summed E-state index contributed by atoms with van der Waals surface area (Å²) in [5.41, 5.74) is 1.98. The molecule has 0 heterocycles. The largest absolute Gasteiger partial charge is 0.357 e. The lowest BCUT2D eigenvalue weighted by Gasteiger charge is -2.28. The van der Waals surface area contributed by atoms with Gasteiger partial charge in [0.2, 0.25) is 11.8 Å². The fourth-order valence-corrected chi connectivity index (χ4v) is 3.75. The van der Waals surface area contributed by atoms with Crippen molar-refractivity contribution >= 4 is 46.8 Å². The SMILES string of the molecule is CNC(=O)C(C)N(Cc1cccc(Cl)c1)C(=O)CSCc1ccc(Cl)cc1. The van der Waals surface area contributed by atoms with Gasteiger partial charge >= 0.3 is 0 Å². The van der Waals surface area contributed by atoms with E-state index >= 15 is 0 Å². The van der Waals surface area contributed by atoms with Crippen LogP contribution in [0.2, 0.25) is 10.0 Å². The molecule has 2 aromatic carbocycles. The first kappa shape index (κ1) is 21.6. The van der Waals surface area contributed by atoms with Gasteiger partial charge < -0.3 is 10.2 Å². The zero-order valence-electron chi connectivity index (χ0n) is 15.2. The Bertz CT molecular complexity index is 784. The molecule has 2 amide bonds. The normalized spacial score (nSPS) is 11.7. The topological polar surface area (TPSA) is 49.4 Å². The third-order valence-corrected chi connectivity index (χ3v) is 5.54. The smallest absolute Gasteiger partial charge is 0.242 e. The van der Waals surface area contributed by atoms with Crippen molar-refractivity contribution in [3.05, 3.63) is 69.7 Å². The van der Waals surface area contributed by atoms with E-state index in [1.54, 1.807) is 31.0 Å². The highest BCUT2D eigenvalue weighted by molar-refractivity contribution is 7.99. The van der Waals surface area contributed by atoms with Gasteiger partial charge in [-0.2, -0.15) is 0 Å². The second kappa shape index (κ2) is 10.6. The number of thioether (sulfide) groups is 1. The highest BCUT2D eigenvalue weighted by atomic mass is 35.5. The number of carbonyl (C=O) groups excluding carboxylic acids is 2. The van der Waals surface area contributed by atoms with Gasteiger partial charge in [0, 0.05) is 29.4 Å². The Balaban J connectivity index is 2.03. The van der Waals surface area contributed by atoms with E-state index in [2.05, 4.69) is 5.32 Å². The molecule has 1 atom stereocenters. The van der Waals surface area contributed by atoms with Crippen LogP contribution in [0.1, 0.15) is 18.1 Å². The van der Waals surface area contributed by atoms with Gasteiger partial charge in [-0.3, -0.25) is 9.59 Å². The molecule has 144 valence electrons. The van der Waals surface area contributed by atoms with Crippen LogP contribution in [0.3, 0.4) is 0 Å². The summed E-state index contributed by atoms with van der Waals surface area (Å²) in [6.45, 7) is 2.06. The number of hydrogen-bond acceptors (Lipinski definition) is 3. The van der Waals surface area contributed by atoms with Crippen molar-refractivity contribution in [1.29, 1.82) is 0 Å². The first-order chi connectivity index (χ1) is 12.9. The molecule has 0 aliphatic heterocycles. The van der Waals surface area contributed by atoms with Crippen molar-refractivity contribution < 1.29 is 9.59 Å². The number of likely N-dealkylation sites (N-methyl/N-ethyl adjacent to an activating group) is 1. The number of halogens is 2. The first-order valence-electron chi connectivity index (χ1n) is 8.48. The Morgan fingerprint density at radius 2 is 1.78 bits per heavy atom. The van der Waals surface area contributed by atoms with Crippen molar-refractivity contribution in [3.63, 3.8) is 0 Å². The van der Waals surface area contributed by atoms with Crippen LogP contribution in [0.25, 0.3) is 0 Å². The highest BCUT2D eigenvalue weighted by Gasteiger charge is 2.25. The van der Waals surface area contributed by atoms with E-state index in [0.717, 1.165) is 11.1 Å². The lowest BCUT2D eigenvalue weighted by atomic mass is 10.1. The molecule has 0 aliphatic carbocycles. The summed E-state index contributed by atoms with van der Waals surface area (Å²) in [4.78, 5) is 26.5. The third kappa shape index (κ3) is 6.76. The molecule has 1 unspecified atom stereocenters. The highest BCUT2D eigenvalue weighted by Crippen LogP contribution is 2.19. The van der Waals surface area contributed by atoms with E-state index in [-0.39, 0.29) is 17.6 Å². The van der Waals surface area contributed by atoms with Gasteiger partial charge in [-0.15, -0.1) is 11.8 Å². The Kier molecular flexibility index (Phi) is 8.48. The minimum atomic E-state index is -0.572. The van der Waals surface area contributed by atoms with Crippen LogP contribution < -0.4 is 5.32 Å². The molecule has 0 aromatic heterocycles. The van der Waals surface area contributed by atoms with E-state index in [0.29, 0.717) is 22.3 Å². The minimum absolute atomic E-state index is 0.0926. The average Bonchev–Trinajstić information content (AvgIpc) is 2.66. The molecule has 1 N–H and O–H groups in total. The molecule has 0 saturated heterocycles. The molecule has 0 aliphatic rings. The summed E-state index contributed by atoms with van der Waals surface area (Å²) < 4.78 is 0. The second-order valence-corrected chi connectivity index (χ2v) is 7.92. The van der Waals surface area contributed by atoms with E-state index in [9.17, 15) is 9.59 Å². The molecule has 0 fully saturated rings. The lowest BCUT2D eigenvalue weighted by molar-refractivity contribution is -0.138. The van der Waals surface area contributed by atoms with Crippen molar-refractivity contribution in [2.24, 2.45) is 0 Å². The molecule has 2 aromatic rings. The Morgan fingerprint density at radius 3 is 2.41 bits per heavy atom. The Hall–Kier alpha value is -1.69. The number of nitrogens with one attached hydrogen (secondary N) is 1. The summed E-state index contributed by atoms with van der Waals surface area (Å²) in [5, 5.41) is 3.89. The number of benzene rings is 2.